The summed E-state index contributed by atoms with van der Waals surface area (Å²) in [5.41, 5.74) is 2.14. The molecule has 0 bridgehead atoms. The largest absolute Gasteiger partial charge is 0.454 e. The normalized spacial score (nSPS) is 12.7. The van der Waals surface area contributed by atoms with Crippen molar-refractivity contribution in [2.75, 3.05) is 6.79 Å². The van der Waals surface area contributed by atoms with Crippen molar-refractivity contribution in [2.24, 2.45) is 0 Å². The number of carbonyl (C=O) groups excluding carboxylic acids is 1. The quantitative estimate of drug-likeness (QED) is 0.495. The van der Waals surface area contributed by atoms with Crippen LogP contribution >= 0.6 is 11.6 Å². The fourth-order valence-electron chi connectivity index (χ4n) is 2.70. The first kappa shape index (κ1) is 16.4. The van der Waals surface area contributed by atoms with E-state index in [2.05, 4.69) is 4.98 Å². The number of halogens is 1. The highest BCUT2D eigenvalue weighted by atomic mass is 35.5. The Morgan fingerprint density at radius 3 is 2.77 bits per heavy atom. The Balaban J connectivity index is 1.69. The SMILES string of the molecule is CC(=O)Oc1cccc2ccc(/C=C/c3cc4c(cc3Cl)OCO4)nc12. The average molecular weight is 368 g/mol. The predicted molar refractivity (Wildman–Crippen MR) is 99.6 cm³/mol. The molecule has 0 N–H and O–H groups in total. The van der Waals surface area contributed by atoms with Gasteiger partial charge in [0.05, 0.1) is 10.7 Å². The Hall–Kier alpha value is -3.05. The molecule has 1 aromatic heterocycles. The lowest BCUT2D eigenvalue weighted by atomic mass is 10.1. The molecule has 0 aliphatic carbocycles. The molecule has 5 nitrogen and oxygen atoms in total. The minimum absolute atomic E-state index is 0.198. The van der Waals surface area contributed by atoms with E-state index in [9.17, 15) is 4.79 Å². The van der Waals surface area contributed by atoms with Crippen LogP contribution in [0.25, 0.3) is 23.1 Å². The standard InChI is InChI=1S/C20H14ClNO4/c1-12(23)26-17-4-2-3-13-5-7-15(22-20(13)17)8-6-14-9-18-19(10-16(14)21)25-11-24-18/h2-10H,11H2,1H3/b8-6+. The van der Waals surface area contributed by atoms with Crippen LogP contribution in [0.5, 0.6) is 17.2 Å². The van der Waals surface area contributed by atoms with E-state index < -0.39 is 0 Å². The fourth-order valence-corrected chi connectivity index (χ4v) is 2.92. The molecule has 0 unspecified atom stereocenters. The molecule has 3 aromatic rings. The molecule has 6 heteroatoms. The second-order valence-electron chi connectivity index (χ2n) is 5.72. The third-order valence-electron chi connectivity index (χ3n) is 3.88. The Morgan fingerprint density at radius 2 is 1.96 bits per heavy atom. The van der Waals surface area contributed by atoms with Gasteiger partial charge in [-0.1, -0.05) is 35.9 Å². The third-order valence-corrected chi connectivity index (χ3v) is 4.21. The summed E-state index contributed by atoms with van der Waals surface area (Å²) in [5, 5.41) is 1.45. The van der Waals surface area contributed by atoms with Crippen molar-refractivity contribution in [3.63, 3.8) is 0 Å². The zero-order valence-electron chi connectivity index (χ0n) is 13.9. The van der Waals surface area contributed by atoms with E-state index in [1.807, 2.05) is 42.5 Å². The van der Waals surface area contributed by atoms with Gasteiger partial charge in [0.15, 0.2) is 17.2 Å². The molecule has 2 aromatic carbocycles. The minimum Gasteiger partial charge on any atom is -0.454 e. The van der Waals surface area contributed by atoms with Crippen molar-refractivity contribution in [1.29, 1.82) is 0 Å². The molecular weight excluding hydrogens is 354 g/mol. The monoisotopic (exact) mass is 367 g/mol. The number of aromatic nitrogens is 1. The second kappa shape index (κ2) is 6.69. The molecule has 0 saturated heterocycles. The topological polar surface area (TPSA) is 57.7 Å². The molecule has 0 saturated carbocycles. The zero-order valence-corrected chi connectivity index (χ0v) is 14.6. The van der Waals surface area contributed by atoms with E-state index in [1.54, 1.807) is 12.1 Å². The number of para-hydroxylation sites is 1. The zero-order chi connectivity index (χ0) is 18.1. The van der Waals surface area contributed by atoms with Crippen LogP contribution in [0.2, 0.25) is 5.02 Å². The minimum atomic E-state index is -0.382. The Labute approximate surface area is 154 Å². The van der Waals surface area contributed by atoms with Crippen LogP contribution in [0.3, 0.4) is 0 Å². The lowest BCUT2D eigenvalue weighted by molar-refractivity contribution is -0.131. The van der Waals surface area contributed by atoms with Gasteiger partial charge in [0.1, 0.15) is 5.52 Å². The highest BCUT2D eigenvalue weighted by molar-refractivity contribution is 6.32. The number of esters is 1. The summed E-state index contributed by atoms with van der Waals surface area (Å²) in [6.45, 7) is 1.56. The Kier molecular flexibility index (Phi) is 4.22. The van der Waals surface area contributed by atoms with Gasteiger partial charge >= 0.3 is 5.97 Å². The number of fused-ring (bicyclic) bond motifs is 2. The summed E-state index contributed by atoms with van der Waals surface area (Å²) in [6, 6.07) is 12.8. The van der Waals surface area contributed by atoms with Crippen LogP contribution < -0.4 is 14.2 Å². The molecule has 1 aliphatic rings. The Bertz CT molecular complexity index is 1050. The van der Waals surface area contributed by atoms with Gasteiger partial charge in [0.25, 0.3) is 0 Å². The van der Waals surface area contributed by atoms with E-state index in [1.165, 1.54) is 6.92 Å². The fraction of sp³-hybridized carbons (Fsp3) is 0.100. The summed E-state index contributed by atoms with van der Waals surface area (Å²) in [4.78, 5) is 15.9. The van der Waals surface area contributed by atoms with Crippen LogP contribution in [0.4, 0.5) is 0 Å². The van der Waals surface area contributed by atoms with Gasteiger partial charge < -0.3 is 14.2 Å². The van der Waals surface area contributed by atoms with Crippen LogP contribution in [-0.4, -0.2) is 17.7 Å². The first-order valence-corrected chi connectivity index (χ1v) is 8.33. The number of hydrogen-bond acceptors (Lipinski definition) is 5. The maximum atomic E-state index is 11.3. The van der Waals surface area contributed by atoms with Crippen molar-refractivity contribution >= 4 is 40.6 Å². The first-order chi connectivity index (χ1) is 12.6. The molecule has 1 aliphatic heterocycles. The van der Waals surface area contributed by atoms with Gasteiger partial charge in [-0.3, -0.25) is 4.79 Å². The molecule has 0 atom stereocenters. The van der Waals surface area contributed by atoms with E-state index >= 15 is 0 Å². The lowest BCUT2D eigenvalue weighted by Crippen LogP contribution is -2.02. The molecule has 130 valence electrons. The van der Waals surface area contributed by atoms with Gasteiger partial charge in [0, 0.05) is 18.4 Å². The third kappa shape index (κ3) is 3.21. The summed E-state index contributed by atoms with van der Waals surface area (Å²) >= 11 is 6.29. The van der Waals surface area contributed by atoms with Crippen molar-refractivity contribution in [3.8, 4) is 17.2 Å². The van der Waals surface area contributed by atoms with Crippen LogP contribution in [-0.2, 0) is 4.79 Å². The van der Waals surface area contributed by atoms with E-state index in [0.717, 1.165) is 10.9 Å². The summed E-state index contributed by atoms with van der Waals surface area (Å²) in [5.74, 6) is 1.36. The van der Waals surface area contributed by atoms with E-state index in [0.29, 0.717) is 33.5 Å². The molecule has 2 heterocycles. The molecule has 0 fully saturated rings. The van der Waals surface area contributed by atoms with Crippen molar-refractivity contribution < 1.29 is 19.0 Å². The van der Waals surface area contributed by atoms with Crippen molar-refractivity contribution in [2.45, 2.75) is 6.92 Å². The van der Waals surface area contributed by atoms with E-state index in [4.69, 9.17) is 25.8 Å². The smallest absolute Gasteiger partial charge is 0.308 e. The molecule has 4 rings (SSSR count). The molecule has 0 radical (unpaired) electrons. The number of pyridine rings is 1. The molecule has 0 amide bonds. The molecule has 0 spiro atoms. The maximum absolute atomic E-state index is 11.3. The van der Waals surface area contributed by atoms with Crippen LogP contribution in [0, 0.1) is 0 Å². The van der Waals surface area contributed by atoms with Crippen molar-refractivity contribution in [3.05, 3.63) is 58.7 Å². The average Bonchev–Trinajstić information content (AvgIpc) is 3.06. The number of benzene rings is 2. The predicted octanol–water partition coefficient (Wildman–Crippen LogP) is 4.71. The number of hydrogen-bond donors (Lipinski definition) is 0. The second-order valence-corrected chi connectivity index (χ2v) is 6.13. The van der Waals surface area contributed by atoms with Gasteiger partial charge in [-0.05, 0) is 29.8 Å². The van der Waals surface area contributed by atoms with Gasteiger partial charge in [-0.25, -0.2) is 4.98 Å². The molecular formula is C20H14ClNO4. The number of nitrogens with zero attached hydrogens (tertiary/aromatic N) is 1. The van der Waals surface area contributed by atoms with E-state index in [-0.39, 0.29) is 12.8 Å². The number of ether oxygens (including phenoxy) is 3. The summed E-state index contributed by atoms with van der Waals surface area (Å²) in [7, 11) is 0. The van der Waals surface area contributed by atoms with Crippen molar-refractivity contribution in [1.82, 2.24) is 4.98 Å². The highest BCUT2D eigenvalue weighted by Crippen LogP contribution is 2.37. The van der Waals surface area contributed by atoms with Gasteiger partial charge in [-0.15, -0.1) is 0 Å². The summed E-state index contributed by atoms with van der Waals surface area (Å²) < 4.78 is 15.9. The van der Waals surface area contributed by atoms with Crippen LogP contribution in [0.1, 0.15) is 18.2 Å². The summed E-state index contributed by atoms with van der Waals surface area (Å²) in [6.07, 6.45) is 3.69. The maximum Gasteiger partial charge on any atom is 0.308 e. The molecule has 26 heavy (non-hydrogen) atoms. The number of rotatable bonds is 3. The number of carbonyl (C=O) groups is 1. The van der Waals surface area contributed by atoms with Gasteiger partial charge in [0.2, 0.25) is 6.79 Å². The Morgan fingerprint density at radius 1 is 1.15 bits per heavy atom. The highest BCUT2D eigenvalue weighted by Gasteiger charge is 2.15. The van der Waals surface area contributed by atoms with Crippen LogP contribution in [0.15, 0.2) is 42.5 Å². The van der Waals surface area contributed by atoms with Gasteiger partial charge in [-0.2, -0.15) is 0 Å². The first-order valence-electron chi connectivity index (χ1n) is 7.95. The lowest BCUT2D eigenvalue weighted by Gasteiger charge is -2.06.